The van der Waals surface area contributed by atoms with Crippen LogP contribution in [0.5, 0.6) is 11.5 Å². The highest BCUT2D eigenvalue weighted by Gasteiger charge is 2.44. The van der Waals surface area contributed by atoms with Crippen LogP contribution in [0, 0.1) is 6.92 Å². The lowest BCUT2D eigenvalue weighted by Gasteiger charge is -2.46. The van der Waals surface area contributed by atoms with Gasteiger partial charge in [-0.05, 0) is 50.5 Å². The molecule has 104 valence electrons. The van der Waals surface area contributed by atoms with Crippen molar-refractivity contribution in [1.29, 1.82) is 0 Å². The summed E-state index contributed by atoms with van der Waals surface area (Å²) in [5.74, 6) is 1.67. The Labute approximate surface area is 113 Å². The Morgan fingerprint density at radius 1 is 1.21 bits per heavy atom. The van der Waals surface area contributed by atoms with Crippen LogP contribution < -0.4 is 15.2 Å². The van der Waals surface area contributed by atoms with E-state index in [4.69, 9.17) is 19.9 Å². The van der Waals surface area contributed by atoms with Crippen molar-refractivity contribution in [2.75, 3.05) is 20.0 Å². The third kappa shape index (κ3) is 2.19. The molecule has 0 aromatic heterocycles. The van der Waals surface area contributed by atoms with E-state index in [2.05, 4.69) is 32.9 Å². The average Bonchev–Trinajstić information content (AvgIpc) is 2.68. The Morgan fingerprint density at radius 3 is 2.37 bits per heavy atom. The number of benzene rings is 1. The molecule has 4 heteroatoms. The number of rotatable bonds is 3. The first-order valence-corrected chi connectivity index (χ1v) is 6.67. The average molecular weight is 263 g/mol. The molecular weight excluding hydrogens is 242 g/mol. The third-order valence-corrected chi connectivity index (χ3v) is 3.84. The lowest BCUT2D eigenvalue weighted by Crippen LogP contribution is -2.53. The van der Waals surface area contributed by atoms with Crippen molar-refractivity contribution in [2.45, 2.75) is 38.1 Å². The number of nitrogens with two attached hydrogens (primary N) is 1. The smallest absolute Gasteiger partial charge is 0.231 e. The molecular formula is C15H21NO3. The largest absolute Gasteiger partial charge is 0.454 e. The molecule has 2 N–H and O–H groups in total. The number of hydrogen-bond donors (Lipinski definition) is 1. The van der Waals surface area contributed by atoms with Crippen LogP contribution in [0.25, 0.3) is 0 Å². The summed E-state index contributed by atoms with van der Waals surface area (Å²) in [5.41, 5.74) is 8.52. The first kappa shape index (κ1) is 12.8. The van der Waals surface area contributed by atoms with Crippen molar-refractivity contribution in [3.8, 4) is 11.5 Å². The Kier molecular flexibility index (Phi) is 2.76. The second kappa shape index (κ2) is 4.12. The minimum absolute atomic E-state index is 0.0172. The van der Waals surface area contributed by atoms with Crippen LogP contribution >= 0.6 is 0 Å². The predicted octanol–water partition coefficient (Wildman–Crippen LogP) is 2.12. The summed E-state index contributed by atoms with van der Waals surface area (Å²) < 4.78 is 16.4. The fourth-order valence-corrected chi connectivity index (χ4v) is 3.19. The van der Waals surface area contributed by atoms with Crippen LogP contribution in [0.2, 0.25) is 0 Å². The van der Waals surface area contributed by atoms with Gasteiger partial charge in [0.15, 0.2) is 11.5 Å². The van der Waals surface area contributed by atoms with Crippen LogP contribution in [0.3, 0.4) is 0 Å². The summed E-state index contributed by atoms with van der Waals surface area (Å²) in [5, 5.41) is 0. The SMILES string of the molecule is Cc1cc2c(cc1C1(CC(C)(C)N)COC1)OCO2. The van der Waals surface area contributed by atoms with E-state index in [0.29, 0.717) is 6.79 Å². The molecule has 0 unspecified atom stereocenters. The summed E-state index contributed by atoms with van der Waals surface area (Å²) in [7, 11) is 0. The van der Waals surface area contributed by atoms with E-state index in [0.717, 1.165) is 31.1 Å². The number of aryl methyl sites for hydroxylation is 1. The van der Waals surface area contributed by atoms with Crippen molar-refractivity contribution in [1.82, 2.24) is 0 Å². The van der Waals surface area contributed by atoms with Gasteiger partial charge in [0.2, 0.25) is 6.79 Å². The molecule has 1 fully saturated rings. The van der Waals surface area contributed by atoms with Gasteiger partial charge < -0.3 is 19.9 Å². The van der Waals surface area contributed by atoms with E-state index < -0.39 is 0 Å². The van der Waals surface area contributed by atoms with E-state index in [1.54, 1.807) is 0 Å². The van der Waals surface area contributed by atoms with Crippen molar-refractivity contribution >= 4 is 0 Å². The summed E-state index contributed by atoms with van der Waals surface area (Å²) >= 11 is 0. The summed E-state index contributed by atoms with van der Waals surface area (Å²) in [6, 6.07) is 4.16. The molecule has 19 heavy (non-hydrogen) atoms. The molecule has 1 aromatic carbocycles. The van der Waals surface area contributed by atoms with Gasteiger partial charge in [0, 0.05) is 11.0 Å². The molecule has 2 aliphatic rings. The highest BCUT2D eigenvalue weighted by molar-refractivity contribution is 5.51. The number of hydrogen-bond acceptors (Lipinski definition) is 4. The maximum absolute atomic E-state index is 6.22. The molecule has 0 atom stereocenters. The van der Waals surface area contributed by atoms with Crippen LogP contribution in [0.1, 0.15) is 31.4 Å². The fraction of sp³-hybridized carbons (Fsp3) is 0.600. The van der Waals surface area contributed by atoms with Gasteiger partial charge in [-0.2, -0.15) is 0 Å². The zero-order valence-electron chi connectivity index (χ0n) is 11.8. The minimum atomic E-state index is -0.216. The molecule has 0 radical (unpaired) electrons. The van der Waals surface area contributed by atoms with Gasteiger partial charge in [-0.1, -0.05) is 0 Å². The molecule has 1 aromatic rings. The zero-order chi connectivity index (χ0) is 13.7. The Balaban J connectivity index is 2.00. The highest BCUT2D eigenvalue weighted by Crippen LogP contribution is 2.44. The molecule has 0 aliphatic carbocycles. The van der Waals surface area contributed by atoms with Gasteiger partial charge in [-0.15, -0.1) is 0 Å². The second-order valence-electron chi connectivity index (χ2n) is 6.46. The molecule has 2 heterocycles. The third-order valence-electron chi connectivity index (χ3n) is 3.84. The lowest BCUT2D eigenvalue weighted by molar-refractivity contribution is -0.0722. The lowest BCUT2D eigenvalue weighted by atomic mass is 9.69. The highest BCUT2D eigenvalue weighted by atomic mass is 16.7. The molecule has 0 spiro atoms. The van der Waals surface area contributed by atoms with Crippen LogP contribution in [0.4, 0.5) is 0 Å². The number of fused-ring (bicyclic) bond motifs is 1. The van der Waals surface area contributed by atoms with E-state index in [9.17, 15) is 0 Å². The normalized spacial score (nSPS) is 20.2. The Bertz CT molecular complexity index is 501. The maximum atomic E-state index is 6.22. The number of ether oxygens (including phenoxy) is 3. The Hall–Kier alpha value is -1.26. The molecule has 0 saturated carbocycles. The standard InChI is InChI=1S/C15H21NO3/c1-10-4-12-13(19-9-18-12)5-11(10)15(7-17-8-15)6-14(2,3)16/h4-5H,6-9,16H2,1-3H3. The zero-order valence-corrected chi connectivity index (χ0v) is 11.8. The molecule has 2 aliphatic heterocycles. The van der Waals surface area contributed by atoms with Crippen molar-refractivity contribution in [2.24, 2.45) is 5.73 Å². The van der Waals surface area contributed by atoms with Gasteiger partial charge >= 0.3 is 0 Å². The summed E-state index contributed by atoms with van der Waals surface area (Å²) in [6.45, 7) is 8.01. The molecule has 0 amide bonds. The van der Waals surface area contributed by atoms with Crippen LogP contribution in [0.15, 0.2) is 12.1 Å². The fourth-order valence-electron chi connectivity index (χ4n) is 3.19. The van der Waals surface area contributed by atoms with Crippen molar-refractivity contribution in [3.05, 3.63) is 23.3 Å². The van der Waals surface area contributed by atoms with E-state index in [1.807, 2.05) is 0 Å². The van der Waals surface area contributed by atoms with Gasteiger partial charge in [-0.3, -0.25) is 0 Å². The predicted molar refractivity (Wildman–Crippen MR) is 72.7 cm³/mol. The van der Waals surface area contributed by atoms with Gasteiger partial charge in [0.05, 0.1) is 13.2 Å². The van der Waals surface area contributed by atoms with Crippen LogP contribution in [-0.2, 0) is 10.2 Å². The van der Waals surface area contributed by atoms with Gasteiger partial charge in [-0.25, -0.2) is 0 Å². The minimum Gasteiger partial charge on any atom is -0.454 e. The van der Waals surface area contributed by atoms with E-state index in [1.165, 1.54) is 11.1 Å². The molecule has 0 bridgehead atoms. The topological polar surface area (TPSA) is 53.7 Å². The Morgan fingerprint density at radius 2 is 1.84 bits per heavy atom. The molecule has 4 nitrogen and oxygen atoms in total. The second-order valence-corrected chi connectivity index (χ2v) is 6.46. The first-order chi connectivity index (χ1) is 8.90. The van der Waals surface area contributed by atoms with E-state index >= 15 is 0 Å². The van der Waals surface area contributed by atoms with Crippen molar-refractivity contribution < 1.29 is 14.2 Å². The van der Waals surface area contributed by atoms with Gasteiger partial charge in [0.1, 0.15) is 0 Å². The van der Waals surface area contributed by atoms with E-state index in [-0.39, 0.29) is 11.0 Å². The summed E-state index contributed by atoms with van der Waals surface area (Å²) in [6.07, 6.45) is 0.903. The quantitative estimate of drug-likeness (QED) is 0.907. The monoisotopic (exact) mass is 263 g/mol. The first-order valence-electron chi connectivity index (χ1n) is 6.67. The van der Waals surface area contributed by atoms with Crippen LogP contribution in [-0.4, -0.2) is 25.5 Å². The summed E-state index contributed by atoms with van der Waals surface area (Å²) in [4.78, 5) is 0. The van der Waals surface area contributed by atoms with Crippen molar-refractivity contribution in [3.63, 3.8) is 0 Å². The molecule has 1 saturated heterocycles. The van der Waals surface area contributed by atoms with Gasteiger partial charge in [0.25, 0.3) is 0 Å². The molecule has 3 rings (SSSR count). The maximum Gasteiger partial charge on any atom is 0.231 e.